The van der Waals surface area contributed by atoms with Crippen LogP contribution in [-0.2, 0) is 4.79 Å². The molecule has 0 bridgehead atoms. The topological polar surface area (TPSA) is 137 Å². The first-order valence-electron chi connectivity index (χ1n) is 9.93. The number of nitrogens with zero attached hydrogens (tertiary/aromatic N) is 5. The zero-order chi connectivity index (χ0) is 22.8. The second-order valence-electron chi connectivity index (χ2n) is 7.27. The van der Waals surface area contributed by atoms with Crippen LogP contribution in [0.4, 0.5) is 17.2 Å². The molecule has 1 aliphatic heterocycles. The van der Waals surface area contributed by atoms with Gasteiger partial charge in [-0.1, -0.05) is 6.07 Å². The summed E-state index contributed by atoms with van der Waals surface area (Å²) >= 11 is 0. The fourth-order valence-corrected chi connectivity index (χ4v) is 3.64. The molecule has 0 saturated carbocycles. The Kier molecular flexibility index (Phi) is 5.51. The van der Waals surface area contributed by atoms with E-state index in [1.54, 1.807) is 43.3 Å². The van der Waals surface area contributed by atoms with Gasteiger partial charge in [0, 0.05) is 26.7 Å². The molecule has 3 heterocycles. The lowest BCUT2D eigenvalue weighted by Gasteiger charge is -2.14. The molecule has 1 aliphatic rings. The molecule has 11 heteroatoms. The predicted molar refractivity (Wildman–Crippen MR) is 117 cm³/mol. The molecule has 1 saturated heterocycles. The van der Waals surface area contributed by atoms with E-state index in [9.17, 15) is 14.9 Å². The molecule has 1 atom stereocenters. The highest BCUT2D eigenvalue weighted by atomic mass is 16.5. The Hall–Kier alpha value is -4.33. The van der Waals surface area contributed by atoms with Gasteiger partial charge in [0.05, 0.1) is 30.2 Å². The van der Waals surface area contributed by atoms with E-state index < -0.39 is 11.9 Å². The second kappa shape index (κ2) is 8.43. The molecule has 0 aliphatic carbocycles. The summed E-state index contributed by atoms with van der Waals surface area (Å²) in [7, 11) is 4.92. The third-order valence-electron chi connectivity index (χ3n) is 5.30. The first kappa shape index (κ1) is 20.9. The van der Waals surface area contributed by atoms with Crippen LogP contribution in [0.2, 0.25) is 0 Å². The number of carbonyl (C=O) groups excluding carboxylic acids is 2. The van der Waals surface area contributed by atoms with Crippen molar-refractivity contribution in [2.24, 2.45) is 0 Å². The summed E-state index contributed by atoms with van der Waals surface area (Å²) in [6.45, 7) is 0.594. The summed E-state index contributed by atoms with van der Waals surface area (Å²) < 4.78 is 6.79. The Labute approximate surface area is 184 Å². The van der Waals surface area contributed by atoms with Gasteiger partial charge in [-0.25, -0.2) is 9.50 Å². The molecule has 2 amide bonds. The quantitative estimate of drug-likeness (QED) is 0.529. The van der Waals surface area contributed by atoms with E-state index in [0.717, 1.165) is 0 Å². The van der Waals surface area contributed by atoms with Gasteiger partial charge in [-0.2, -0.15) is 5.26 Å². The number of hydrogen-bond donors (Lipinski definition) is 3. The number of hydrogen-bond acceptors (Lipinski definition) is 8. The number of methoxy groups -OCH3 is 1. The minimum absolute atomic E-state index is 0.122. The number of para-hydroxylation sites is 1. The fourth-order valence-electron chi connectivity index (χ4n) is 3.64. The van der Waals surface area contributed by atoms with Crippen LogP contribution >= 0.6 is 0 Å². The van der Waals surface area contributed by atoms with E-state index >= 15 is 0 Å². The highest BCUT2D eigenvalue weighted by Gasteiger charge is 2.31. The minimum atomic E-state index is -0.568. The number of nitrogens with one attached hydrogen (secondary N) is 3. The van der Waals surface area contributed by atoms with Gasteiger partial charge < -0.3 is 25.6 Å². The molecular formula is C21H22N8O3. The second-order valence-corrected chi connectivity index (χ2v) is 7.27. The van der Waals surface area contributed by atoms with Crippen LogP contribution in [0.3, 0.4) is 0 Å². The minimum Gasteiger partial charge on any atom is -0.493 e. The van der Waals surface area contributed by atoms with Crippen LogP contribution < -0.4 is 20.7 Å². The number of anilines is 3. The summed E-state index contributed by atoms with van der Waals surface area (Å²) in [6.07, 6.45) is 1.97. The van der Waals surface area contributed by atoms with Gasteiger partial charge in [0.25, 0.3) is 5.91 Å². The summed E-state index contributed by atoms with van der Waals surface area (Å²) in [6, 6.07) is 8.39. The largest absolute Gasteiger partial charge is 0.493 e. The van der Waals surface area contributed by atoms with Crippen LogP contribution in [0.15, 0.2) is 30.5 Å². The van der Waals surface area contributed by atoms with Crippen molar-refractivity contribution in [3.05, 3.63) is 41.7 Å². The van der Waals surface area contributed by atoms with Crippen molar-refractivity contribution in [2.75, 3.05) is 38.4 Å². The fraction of sp³-hybridized carbons (Fsp3) is 0.286. The van der Waals surface area contributed by atoms with Crippen molar-refractivity contribution < 1.29 is 14.3 Å². The van der Waals surface area contributed by atoms with Gasteiger partial charge in [0.15, 0.2) is 22.9 Å². The third-order valence-corrected chi connectivity index (χ3v) is 5.30. The Morgan fingerprint density at radius 1 is 1.34 bits per heavy atom. The van der Waals surface area contributed by atoms with Crippen LogP contribution in [0.25, 0.3) is 5.65 Å². The number of rotatable bonds is 6. The van der Waals surface area contributed by atoms with Crippen LogP contribution in [0.1, 0.15) is 22.5 Å². The maximum Gasteiger partial charge on any atom is 0.272 e. The van der Waals surface area contributed by atoms with E-state index in [-0.39, 0.29) is 11.6 Å². The predicted octanol–water partition coefficient (Wildman–Crippen LogP) is 1.36. The lowest BCUT2D eigenvalue weighted by molar-refractivity contribution is -0.128. The Morgan fingerprint density at radius 2 is 2.16 bits per heavy atom. The van der Waals surface area contributed by atoms with Gasteiger partial charge in [-0.05, 0) is 18.6 Å². The molecule has 1 aromatic carbocycles. The van der Waals surface area contributed by atoms with Crippen molar-refractivity contribution in [3.63, 3.8) is 0 Å². The number of amides is 2. The Balaban J connectivity index is 1.70. The summed E-state index contributed by atoms with van der Waals surface area (Å²) in [4.78, 5) is 31.0. The van der Waals surface area contributed by atoms with Gasteiger partial charge in [0.1, 0.15) is 12.1 Å². The molecule has 3 aromatic rings. The molecule has 4 rings (SSSR count). The Morgan fingerprint density at radius 3 is 2.81 bits per heavy atom. The van der Waals surface area contributed by atoms with Crippen LogP contribution in [0.5, 0.6) is 5.75 Å². The SMILES string of the molecule is CNc1cc(Nc2cccc(C#N)c2OC)nn2c(C(=O)N[C@@H]3CCN(C)C3=O)cnc12. The highest BCUT2D eigenvalue weighted by molar-refractivity contribution is 5.97. The molecule has 32 heavy (non-hydrogen) atoms. The van der Waals surface area contributed by atoms with Crippen molar-refractivity contribution in [1.82, 2.24) is 24.8 Å². The number of imidazole rings is 1. The van der Waals surface area contributed by atoms with Crippen LogP contribution in [-0.4, -0.2) is 65.1 Å². The Bertz CT molecular complexity index is 1250. The first-order chi connectivity index (χ1) is 15.5. The number of likely N-dealkylation sites (tertiary alicyclic amines) is 1. The monoisotopic (exact) mass is 434 g/mol. The van der Waals surface area contributed by atoms with Crippen molar-refractivity contribution in [3.8, 4) is 11.8 Å². The molecule has 0 spiro atoms. The van der Waals surface area contributed by atoms with E-state index in [1.165, 1.54) is 17.8 Å². The maximum absolute atomic E-state index is 12.9. The molecule has 0 unspecified atom stereocenters. The summed E-state index contributed by atoms with van der Waals surface area (Å²) in [5.41, 5.74) is 2.21. The third kappa shape index (κ3) is 3.62. The van der Waals surface area contributed by atoms with E-state index in [0.29, 0.717) is 47.1 Å². The van der Waals surface area contributed by atoms with E-state index in [4.69, 9.17) is 4.74 Å². The normalized spacial score (nSPS) is 15.5. The van der Waals surface area contributed by atoms with Crippen LogP contribution in [0, 0.1) is 11.3 Å². The molecule has 11 nitrogen and oxygen atoms in total. The van der Waals surface area contributed by atoms with Gasteiger partial charge in [-0.3, -0.25) is 9.59 Å². The number of nitriles is 1. The standard InChI is InChI=1S/C21H22N8O3/c1-23-15-9-17(25-13-6-4-5-12(10-22)18(13)32-3)27-29-16(11-24-19(15)29)20(30)26-14-7-8-28(2)21(14)31/h4-6,9,11,14,23H,7-8H2,1-3H3,(H,25,27)(H,26,30)/t14-/m1/s1. The first-order valence-corrected chi connectivity index (χ1v) is 9.93. The lowest BCUT2D eigenvalue weighted by Crippen LogP contribution is -2.41. The highest BCUT2D eigenvalue weighted by Crippen LogP contribution is 2.31. The van der Waals surface area contributed by atoms with E-state index in [2.05, 4.69) is 32.1 Å². The van der Waals surface area contributed by atoms with Crippen molar-refractivity contribution in [1.29, 1.82) is 5.26 Å². The average Bonchev–Trinajstić information content (AvgIpc) is 3.37. The molecule has 3 N–H and O–H groups in total. The molecule has 0 radical (unpaired) electrons. The van der Waals surface area contributed by atoms with Gasteiger partial charge in [-0.15, -0.1) is 5.10 Å². The zero-order valence-corrected chi connectivity index (χ0v) is 17.8. The molecule has 2 aromatic heterocycles. The molecular weight excluding hydrogens is 412 g/mol. The number of carbonyl (C=O) groups is 2. The number of benzene rings is 1. The smallest absolute Gasteiger partial charge is 0.272 e. The zero-order valence-electron chi connectivity index (χ0n) is 17.8. The molecule has 164 valence electrons. The number of likely N-dealkylation sites (N-methyl/N-ethyl adjacent to an activating group) is 1. The molecule has 1 fully saturated rings. The number of fused-ring (bicyclic) bond motifs is 1. The lowest BCUT2D eigenvalue weighted by atomic mass is 10.2. The maximum atomic E-state index is 12.9. The number of aromatic nitrogens is 3. The van der Waals surface area contributed by atoms with Crippen molar-refractivity contribution in [2.45, 2.75) is 12.5 Å². The summed E-state index contributed by atoms with van der Waals surface area (Å²) in [5, 5.41) is 22.8. The summed E-state index contributed by atoms with van der Waals surface area (Å²) in [5.74, 6) is 0.221. The number of ether oxygens (including phenoxy) is 1. The average molecular weight is 434 g/mol. The van der Waals surface area contributed by atoms with Gasteiger partial charge in [0.2, 0.25) is 5.91 Å². The van der Waals surface area contributed by atoms with Gasteiger partial charge >= 0.3 is 0 Å². The van der Waals surface area contributed by atoms with E-state index in [1.807, 2.05) is 0 Å². The van der Waals surface area contributed by atoms with Crippen molar-refractivity contribution >= 4 is 34.7 Å².